The van der Waals surface area contributed by atoms with Gasteiger partial charge in [0.2, 0.25) is 6.33 Å². The summed E-state index contributed by atoms with van der Waals surface area (Å²) >= 11 is 4.88. The van der Waals surface area contributed by atoms with Gasteiger partial charge >= 0.3 is 45.1 Å². The molecule has 0 spiro atoms. The van der Waals surface area contributed by atoms with Crippen molar-refractivity contribution in [1.82, 2.24) is 4.57 Å². The second-order valence-electron chi connectivity index (χ2n) is 5.22. The maximum absolute atomic E-state index is 5.88. The van der Waals surface area contributed by atoms with Gasteiger partial charge in [-0.1, -0.05) is 13.3 Å². The molecule has 0 atom stereocenters. The van der Waals surface area contributed by atoms with Gasteiger partial charge in [0, 0.05) is 25.9 Å². The number of hydrogen-bond donors (Lipinski definition) is 0. The van der Waals surface area contributed by atoms with Crippen molar-refractivity contribution in [2.75, 3.05) is 19.8 Å². The van der Waals surface area contributed by atoms with Crippen molar-refractivity contribution >= 4 is 27.8 Å². The van der Waals surface area contributed by atoms with Crippen LogP contribution in [0.5, 0.6) is 0 Å². The average Bonchev–Trinajstić information content (AvgIpc) is 3.03. The fraction of sp³-hybridized carbons (Fsp3) is 0.812. The number of rotatable bonds is 13. The molecule has 0 bridgehead atoms. The van der Waals surface area contributed by atoms with Crippen LogP contribution in [0, 0.1) is 6.33 Å². The number of aromatic nitrogens is 2. The van der Waals surface area contributed by atoms with E-state index in [0.29, 0.717) is 19.8 Å². The molecule has 5 nitrogen and oxygen atoms in total. The number of nitrogens with zero attached hydrogens (tertiary/aromatic N) is 2. The third kappa shape index (κ3) is 10.1. The molecule has 0 amide bonds. The van der Waals surface area contributed by atoms with Crippen LogP contribution in [0.25, 0.3) is 0 Å². The van der Waals surface area contributed by atoms with Crippen molar-refractivity contribution < 1.29 is 35.1 Å². The molecule has 0 aliphatic heterocycles. The Kier molecular flexibility index (Phi) is 16.5. The van der Waals surface area contributed by atoms with E-state index in [4.69, 9.17) is 13.3 Å². The van der Waals surface area contributed by atoms with Gasteiger partial charge in [0.15, 0.2) is 0 Å². The molecule has 1 aromatic rings. The van der Waals surface area contributed by atoms with Crippen LogP contribution in [0.1, 0.15) is 47.0 Å². The molecular formula is C16H32AgIN2O3Si. The summed E-state index contributed by atoms with van der Waals surface area (Å²) in [5.41, 5.74) is 0. The second kappa shape index (κ2) is 16.0. The summed E-state index contributed by atoms with van der Waals surface area (Å²) in [4.78, 5) is 0. The van der Waals surface area contributed by atoms with Gasteiger partial charge in [-0.25, -0.2) is 0 Å². The monoisotopic (exact) mass is 562 g/mol. The molecule has 0 radical (unpaired) electrons. The standard InChI is InChI=1S/C16H32N2O3Si.Ag.HI/c1-5-9-11-17-13-14-18(16-17)12-10-15-22(19-6-2,20-7-3)21-8-4;;/h13-14H,5-12,15H2,1-4H3;;1H/q;+1;/p-1. The average molecular weight is 563 g/mol. The molecule has 146 valence electrons. The van der Waals surface area contributed by atoms with Gasteiger partial charge in [0.25, 0.3) is 0 Å². The number of hydrogen-bond acceptors (Lipinski definition) is 3. The van der Waals surface area contributed by atoms with Crippen LogP contribution < -0.4 is 4.57 Å². The predicted octanol–water partition coefficient (Wildman–Crippen LogP) is 3.70. The van der Waals surface area contributed by atoms with E-state index in [1.54, 1.807) is 0 Å². The summed E-state index contributed by atoms with van der Waals surface area (Å²) in [7, 11) is -2.50. The summed E-state index contributed by atoms with van der Waals surface area (Å²) in [5.74, 6) is 0. The summed E-state index contributed by atoms with van der Waals surface area (Å²) in [5, 5.41) is 0. The molecule has 8 heteroatoms. The normalized spacial score (nSPS) is 11.3. The number of unbranched alkanes of at least 4 members (excludes halogenated alkanes) is 1. The Bertz CT molecular complexity index is 393. The summed E-state index contributed by atoms with van der Waals surface area (Å²) in [6, 6.07) is 0.851. The molecule has 0 aliphatic rings. The third-order valence-corrected chi connectivity index (χ3v) is 6.56. The summed E-state index contributed by atoms with van der Waals surface area (Å²) < 4.78 is 21.9. The van der Waals surface area contributed by atoms with E-state index in [1.165, 1.54) is 12.8 Å². The molecule has 0 aliphatic carbocycles. The van der Waals surface area contributed by atoms with Gasteiger partial charge < -0.3 is 22.4 Å². The van der Waals surface area contributed by atoms with E-state index >= 15 is 0 Å². The van der Waals surface area contributed by atoms with Crippen molar-refractivity contribution in [2.24, 2.45) is 0 Å². The quantitative estimate of drug-likeness (QED) is 0.159. The Morgan fingerprint density at radius 3 is 2.12 bits per heavy atom. The predicted molar refractivity (Wildman–Crippen MR) is 102 cm³/mol. The van der Waals surface area contributed by atoms with Gasteiger partial charge in [0.05, 0.1) is 13.1 Å². The Labute approximate surface area is 171 Å². The number of aryl methyl sites for hydroxylation is 2. The van der Waals surface area contributed by atoms with Gasteiger partial charge in [-0.15, -0.1) is 0 Å². The van der Waals surface area contributed by atoms with Crippen LogP contribution >= 0.6 is 19.0 Å². The molecule has 24 heavy (non-hydrogen) atoms. The molecule has 0 saturated carbocycles. The third-order valence-electron chi connectivity index (χ3n) is 3.41. The first-order valence-corrected chi connectivity index (χ1v) is 15.0. The first-order valence-electron chi connectivity index (χ1n) is 8.70. The van der Waals surface area contributed by atoms with E-state index in [2.05, 4.69) is 52.0 Å². The molecule has 0 N–H and O–H groups in total. The first-order chi connectivity index (χ1) is 11.7. The summed E-state index contributed by atoms with van der Waals surface area (Å²) in [6.45, 7) is 12.1. The number of halogens is 1. The van der Waals surface area contributed by atoms with Crippen LogP contribution in [0.15, 0.2) is 12.4 Å². The van der Waals surface area contributed by atoms with E-state index in [0.717, 1.165) is 25.6 Å². The molecular weight excluding hydrogens is 531 g/mol. The van der Waals surface area contributed by atoms with E-state index in [9.17, 15) is 0 Å². The second-order valence-corrected chi connectivity index (χ2v) is 7.96. The van der Waals surface area contributed by atoms with Crippen molar-refractivity contribution in [1.29, 1.82) is 0 Å². The molecule has 0 saturated heterocycles. The molecule has 1 aromatic heterocycles. The Morgan fingerprint density at radius 2 is 1.62 bits per heavy atom. The topological polar surface area (TPSA) is 36.5 Å². The zero-order chi connectivity index (χ0) is 18.3. The van der Waals surface area contributed by atoms with Gasteiger partial charge in [-0.2, -0.15) is 0 Å². The Morgan fingerprint density at radius 1 is 1.04 bits per heavy atom. The van der Waals surface area contributed by atoms with Crippen LogP contribution in [-0.2, 0) is 43.6 Å². The fourth-order valence-corrected chi connectivity index (χ4v) is 5.03. The molecule has 0 aromatic carbocycles. The van der Waals surface area contributed by atoms with Crippen molar-refractivity contribution in [3.05, 3.63) is 18.7 Å². The Hall–Kier alpha value is 0.777. The van der Waals surface area contributed by atoms with E-state index < -0.39 is 8.80 Å². The maximum atomic E-state index is 5.88. The summed E-state index contributed by atoms with van der Waals surface area (Å²) in [6.07, 6.45) is 10.9. The van der Waals surface area contributed by atoms with E-state index in [1.807, 2.05) is 39.8 Å². The van der Waals surface area contributed by atoms with Crippen molar-refractivity contribution in [3.63, 3.8) is 0 Å². The zero-order valence-electron chi connectivity index (χ0n) is 15.3. The van der Waals surface area contributed by atoms with Crippen LogP contribution in [0.4, 0.5) is 0 Å². The van der Waals surface area contributed by atoms with E-state index in [-0.39, 0.29) is 0 Å². The van der Waals surface area contributed by atoms with Gasteiger partial charge in [-0.3, -0.25) is 0 Å². The molecule has 1 heterocycles. The SMILES string of the molecule is CCCC[n+]1[c-]n(CCC[Si](OCC)(OCC)OCC)cc1.[Ag][I]. The molecule has 0 unspecified atom stereocenters. The zero-order valence-corrected chi connectivity index (χ0v) is 20.0. The first kappa shape index (κ1) is 24.8. The van der Waals surface area contributed by atoms with Gasteiger partial charge in [-0.05, 0) is 46.0 Å². The minimum absolute atomic E-state index is 0.638. The fourth-order valence-electron chi connectivity index (χ4n) is 2.44. The van der Waals surface area contributed by atoms with Crippen LogP contribution in [-0.4, -0.2) is 33.2 Å². The number of imidazole rings is 1. The van der Waals surface area contributed by atoms with Crippen LogP contribution in [0.2, 0.25) is 6.04 Å². The van der Waals surface area contributed by atoms with Crippen LogP contribution in [0.3, 0.4) is 0 Å². The Balaban J connectivity index is 0.00000254. The van der Waals surface area contributed by atoms with Gasteiger partial charge in [0.1, 0.15) is 0 Å². The molecule has 0 fully saturated rings. The van der Waals surface area contributed by atoms with Crippen molar-refractivity contribution in [3.8, 4) is 0 Å². The van der Waals surface area contributed by atoms with Crippen molar-refractivity contribution in [2.45, 2.75) is 66.1 Å². The minimum atomic E-state index is -2.50. The molecule has 1 rings (SSSR count).